The Kier molecular flexibility index (Phi) is 6.45. The van der Waals surface area contributed by atoms with Gasteiger partial charge in [0, 0.05) is 29.4 Å². The van der Waals surface area contributed by atoms with Crippen molar-refractivity contribution in [3.63, 3.8) is 0 Å². The van der Waals surface area contributed by atoms with Gasteiger partial charge in [-0.05, 0) is 31.2 Å². The van der Waals surface area contributed by atoms with Gasteiger partial charge in [-0.2, -0.15) is 0 Å². The fraction of sp³-hybridized carbons (Fsp3) is 0.200. The second-order valence-electron chi connectivity index (χ2n) is 6.02. The number of halogens is 1. The number of carbonyl (C=O) groups excluding carboxylic acids is 1. The largest absolute Gasteiger partial charge is 0.383 e. The Balaban J connectivity index is 1.90. The summed E-state index contributed by atoms with van der Waals surface area (Å²) in [5.74, 6) is -0.207. The van der Waals surface area contributed by atoms with Gasteiger partial charge in [-0.3, -0.25) is 4.79 Å². The minimum Gasteiger partial charge on any atom is -0.383 e. The molecule has 5 nitrogen and oxygen atoms in total. The summed E-state index contributed by atoms with van der Waals surface area (Å²) in [7, 11) is 1.65. The number of anilines is 2. The maximum atomic E-state index is 12.9. The number of amides is 1. The van der Waals surface area contributed by atoms with Gasteiger partial charge in [0.25, 0.3) is 5.91 Å². The van der Waals surface area contributed by atoms with Gasteiger partial charge in [-0.25, -0.2) is 4.98 Å². The van der Waals surface area contributed by atoms with Crippen LogP contribution in [0.5, 0.6) is 0 Å². The van der Waals surface area contributed by atoms with Crippen LogP contribution >= 0.6 is 22.9 Å². The average molecular weight is 402 g/mol. The first-order chi connectivity index (χ1) is 13.1. The van der Waals surface area contributed by atoms with E-state index in [1.165, 1.54) is 11.3 Å². The van der Waals surface area contributed by atoms with Crippen molar-refractivity contribution >= 4 is 39.7 Å². The van der Waals surface area contributed by atoms with E-state index in [9.17, 15) is 4.79 Å². The van der Waals surface area contributed by atoms with Crippen molar-refractivity contribution in [3.8, 4) is 11.3 Å². The number of methoxy groups -OCH3 is 1. The SMILES string of the molecule is COC[C@H](C)Nc1nc(-c2ccccc2)c(C(=O)Nc2ccc(Cl)cc2)s1. The quantitative estimate of drug-likeness (QED) is 0.573. The molecular formula is C20H20ClN3O2S. The first-order valence-electron chi connectivity index (χ1n) is 8.45. The summed E-state index contributed by atoms with van der Waals surface area (Å²) in [4.78, 5) is 18.1. The first-order valence-corrected chi connectivity index (χ1v) is 9.65. The van der Waals surface area contributed by atoms with Gasteiger partial charge < -0.3 is 15.4 Å². The molecule has 0 aliphatic rings. The van der Waals surface area contributed by atoms with E-state index < -0.39 is 0 Å². The third-order valence-electron chi connectivity index (χ3n) is 3.77. The van der Waals surface area contributed by atoms with Gasteiger partial charge in [-0.1, -0.05) is 53.3 Å². The highest BCUT2D eigenvalue weighted by Gasteiger charge is 2.20. The molecule has 0 unspecified atom stereocenters. The lowest BCUT2D eigenvalue weighted by atomic mass is 10.1. The van der Waals surface area contributed by atoms with Crippen molar-refractivity contribution in [2.45, 2.75) is 13.0 Å². The van der Waals surface area contributed by atoms with E-state index in [1.807, 2.05) is 37.3 Å². The van der Waals surface area contributed by atoms with Gasteiger partial charge in [0.15, 0.2) is 5.13 Å². The van der Waals surface area contributed by atoms with Crippen LogP contribution in [-0.2, 0) is 4.74 Å². The molecule has 7 heteroatoms. The van der Waals surface area contributed by atoms with Crippen LogP contribution in [0.3, 0.4) is 0 Å². The lowest BCUT2D eigenvalue weighted by Gasteiger charge is -2.10. The van der Waals surface area contributed by atoms with Gasteiger partial charge in [-0.15, -0.1) is 0 Å². The summed E-state index contributed by atoms with van der Waals surface area (Å²) in [6, 6.07) is 16.8. The van der Waals surface area contributed by atoms with E-state index in [2.05, 4.69) is 15.6 Å². The molecule has 0 bridgehead atoms. The number of hydrogen-bond acceptors (Lipinski definition) is 5. The van der Waals surface area contributed by atoms with E-state index in [-0.39, 0.29) is 11.9 Å². The maximum Gasteiger partial charge on any atom is 0.268 e. The van der Waals surface area contributed by atoms with E-state index in [0.29, 0.717) is 33.0 Å². The normalized spacial score (nSPS) is 11.8. The number of rotatable bonds is 7. The summed E-state index contributed by atoms with van der Waals surface area (Å²) >= 11 is 7.23. The predicted molar refractivity (Wildman–Crippen MR) is 112 cm³/mol. The molecule has 3 rings (SSSR count). The predicted octanol–water partition coefficient (Wildman–Crippen LogP) is 5.16. The molecular weight excluding hydrogens is 382 g/mol. The molecule has 140 valence electrons. The molecule has 2 aromatic carbocycles. The summed E-state index contributed by atoms with van der Waals surface area (Å²) < 4.78 is 5.16. The van der Waals surface area contributed by atoms with E-state index in [0.717, 1.165) is 5.56 Å². The second kappa shape index (κ2) is 8.99. The highest BCUT2D eigenvalue weighted by Crippen LogP contribution is 2.32. The maximum absolute atomic E-state index is 12.9. The number of ether oxygens (including phenoxy) is 1. The Morgan fingerprint density at radius 2 is 1.89 bits per heavy atom. The molecule has 0 fully saturated rings. The zero-order chi connectivity index (χ0) is 19.2. The lowest BCUT2D eigenvalue weighted by Crippen LogP contribution is -2.20. The van der Waals surface area contributed by atoms with E-state index >= 15 is 0 Å². The number of thiazole rings is 1. The van der Waals surface area contributed by atoms with Crippen LogP contribution < -0.4 is 10.6 Å². The molecule has 0 aliphatic carbocycles. The van der Waals surface area contributed by atoms with Crippen LogP contribution in [0.15, 0.2) is 54.6 Å². The number of nitrogens with zero attached hydrogens (tertiary/aromatic N) is 1. The molecule has 0 radical (unpaired) electrons. The van der Waals surface area contributed by atoms with Crippen molar-refractivity contribution in [2.75, 3.05) is 24.4 Å². The summed E-state index contributed by atoms with van der Waals surface area (Å²) in [5.41, 5.74) is 2.22. The Hall–Kier alpha value is -2.41. The molecule has 1 atom stereocenters. The van der Waals surface area contributed by atoms with Gasteiger partial charge in [0.2, 0.25) is 0 Å². The Morgan fingerprint density at radius 3 is 2.56 bits per heavy atom. The third-order valence-corrected chi connectivity index (χ3v) is 5.01. The highest BCUT2D eigenvalue weighted by atomic mass is 35.5. The molecule has 2 N–H and O–H groups in total. The van der Waals surface area contributed by atoms with Crippen molar-refractivity contribution in [1.29, 1.82) is 0 Å². The monoisotopic (exact) mass is 401 g/mol. The number of hydrogen-bond donors (Lipinski definition) is 2. The Labute approximate surface area is 167 Å². The van der Waals surface area contributed by atoms with Crippen LogP contribution in [-0.4, -0.2) is 30.6 Å². The zero-order valence-corrected chi connectivity index (χ0v) is 16.6. The van der Waals surface area contributed by atoms with Crippen LogP contribution in [0.4, 0.5) is 10.8 Å². The topological polar surface area (TPSA) is 63.2 Å². The molecule has 0 aliphatic heterocycles. The standard InChI is InChI=1S/C20H20ClN3O2S/c1-13(12-26-2)22-20-24-17(14-6-4-3-5-7-14)18(27-20)19(25)23-16-10-8-15(21)9-11-16/h3-11,13H,12H2,1-2H3,(H,22,24)(H,23,25)/t13-/m0/s1. The van der Waals surface area contributed by atoms with E-state index in [1.54, 1.807) is 31.4 Å². The van der Waals surface area contributed by atoms with Crippen molar-refractivity contribution in [2.24, 2.45) is 0 Å². The van der Waals surface area contributed by atoms with Crippen molar-refractivity contribution in [3.05, 3.63) is 64.5 Å². The van der Waals surface area contributed by atoms with Crippen LogP contribution in [0.1, 0.15) is 16.6 Å². The number of nitrogens with one attached hydrogen (secondary N) is 2. The molecule has 1 aromatic heterocycles. The molecule has 0 saturated carbocycles. The van der Waals surface area contributed by atoms with Crippen molar-refractivity contribution in [1.82, 2.24) is 4.98 Å². The minimum absolute atomic E-state index is 0.0805. The van der Waals surface area contributed by atoms with E-state index in [4.69, 9.17) is 16.3 Å². The number of carbonyl (C=O) groups is 1. The second-order valence-corrected chi connectivity index (χ2v) is 7.46. The number of aromatic nitrogens is 1. The fourth-order valence-corrected chi connectivity index (χ4v) is 3.67. The minimum atomic E-state index is -0.207. The first kappa shape index (κ1) is 19.4. The molecule has 0 saturated heterocycles. The van der Waals surface area contributed by atoms with Crippen molar-refractivity contribution < 1.29 is 9.53 Å². The summed E-state index contributed by atoms with van der Waals surface area (Å²) in [6.07, 6.45) is 0. The summed E-state index contributed by atoms with van der Waals surface area (Å²) in [6.45, 7) is 2.55. The Morgan fingerprint density at radius 1 is 1.19 bits per heavy atom. The summed E-state index contributed by atoms with van der Waals surface area (Å²) in [5, 5.41) is 7.49. The molecule has 0 spiro atoms. The van der Waals surface area contributed by atoms with Gasteiger partial charge >= 0.3 is 0 Å². The lowest BCUT2D eigenvalue weighted by molar-refractivity contribution is 0.103. The molecule has 27 heavy (non-hydrogen) atoms. The highest BCUT2D eigenvalue weighted by molar-refractivity contribution is 7.18. The molecule has 1 heterocycles. The zero-order valence-electron chi connectivity index (χ0n) is 15.0. The van der Waals surface area contributed by atoms with Crippen LogP contribution in [0, 0.1) is 0 Å². The number of benzene rings is 2. The van der Waals surface area contributed by atoms with Crippen LogP contribution in [0.25, 0.3) is 11.3 Å². The van der Waals surface area contributed by atoms with Gasteiger partial charge in [0.1, 0.15) is 4.88 Å². The molecule has 3 aromatic rings. The van der Waals surface area contributed by atoms with Gasteiger partial charge in [0.05, 0.1) is 12.3 Å². The van der Waals surface area contributed by atoms with Crippen LogP contribution in [0.2, 0.25) is 5.02 Å². The molecule has 1 amide bonds. The smallest absolute Gasteiger partial charge is 0.268 e. The Bertz CT molecular complexity index is 897. The average Bonchev–Trinajstić information content (AvgIpc) is 3.08. The fourth-order valence-electron chi connectivity index (χ4n) is 2.55. The third kappa shape index (κ3) is 5.07.